The molecule has 0 amide bonds. The molecule has 0 spiro atoms. The normalized spacial score (nSPS) is 15.5. The largest absolute Gasteiger partial charge is 1.00 e. The molecule has 0 aromatic heterocycles. The SMILES string of the molecule is C.CNP(N)(=O)NP(=O)(NC)NP(=O)(NC)NC.C[N-]P(=O)([N-]C)[N-]P(=O)([N-]C)[N-][Si](C)(C)C.C[N-]P(N)(=O)[N-]P(=O)(NC)NP([NH-])(=O)[N-]C.C[Si](C)(C)NP(=O)(N[Si](C)(C)C)NP(C)(C)=O.N.[CH2-]P([CH2-])(=O)[N-]P(=O)([N-][Si](C)(C)C)N[Si](C)(C)C.[CH2-]P([CH2-])(=O)[N-]P(=O)([N-][Si](C)(C)C)N[Si](C)(C)C.[Li+].[Li+].[Li+].[Li+].[Li+].[Li+].[Li+].[Li+].[Li+].[Li+].[Li+].[Li+].[Li+].[Li+].[Li+].[Li+].[Li+]. The molecule has 43 nitrogen and oxygen atoms in total. The van der Waals surface area contributed by atoms with Crippen molar-refractivity contribution < 1.29 is 385 Å². The van der Waals surface area contributed by atoms with E-state index in [2.05, 4.69) is 184 Å². The quantitative estimate of drug-likeness (QED) is 0.0154. The van der Waals surface area contributed by atoms with Gasteiger partial charge in [-0.3, -0.25) is 52.9 Å². The van der Waals surface area contributed by atoms with Crippen LogP contribution in [0.5, 0.6) is 0 Å². The Bertz CT molecular complexity index is 3030. The smallest absolute Gasteiger partial charge is 0.639 e. The van der Waals surface area contributed by atoms with Gasteiger partial charge in [0, 0.05) is 13.3 Å². The molecule has 0 fully saturated rings. The van der Waals surface area contributed by atoms with E-state index in [1.54, 1.807) is 13.3 Å². The first-order valence-corrected chi connectivity index (χ1v) is 78.6. The third-order valence-corrected chi connectivity index (χ3v) is 58.5. The van der Waals surface area contributed by atoms with Crippen LogP contribution < -0.4 is 402 Å². The third-order valence-electron chi connectivity index (χ3n) is 8.46. The van der Waals surface area contributed by atoms with Crippen LogP contribution in [-0.2, 0) is 63.9 Å². The average Bonchev–Trinajstić information content (AvgIpc) is 0.851. The predicted molar refractivity (Wildman–Crippen MR) is 468 cm³/mol. The number of hydrogen-bond acceptors (Lipinski definition) is 15. The van der Waals surface area contributed by atoms with Crippen LogP contribution >= 0.6 is 105 Å². The Morgan fingerprint density at radius 1 is 0.311 bits per heavy atom. The molecule has 0 aliphatic heterocycles. The zero-order valence-electron chi connectivity index (χ0n) is 82.5. The Morgan fingerprint density at radius 2 is 0.571 bits per heavy atom. The Labute approximate surface area is 935 Å². The summed E-state index contributed by atoms with van der Waals surface area (Å²) in [4.78, 5) is 23.7. The zero-order valence-corrected chi connectivity index (χ0v) is 102. The van der Waals surface area contributed by atoms with Gasteiger partial charge >= 0.3 is 321 Å². The van der Waals surface area contributed by atoms with Crippen molar-refractivity contribution in [3.05, 3.63) is 91.3 Å². The minimum atomic E-state index is -3.92. The number of nitrogens with one attached hydrogen (secondary N) is 14. The second-order valence-corrected chi connectivity index (χ2v) is 94.6. The molecular formula is C38H132Li17N29O14P14Si7. The molecule has 0 saturated heterocycles. The van der Waals surface area contributed by atoms with E-state index in [-0.39, 0.29) is 334 Å². The molecule has 0 aromatic rings. The van der Waals surface area contributed by atoms with Crippen molar-refractivity contribution in [2.24, 2.45) is 11.0 Å². The summed E-state index contributed by atoms with van der Waals surface area (Å²) in [5, 5.41) is 28.9. The summed E-state index contributed by atoms with van der Waals surface area (Å²) < 4.78 is 192. The van der Waals surface area contributed by atoms with Crippen molar-refractivity contribution in [3.8, 4) is 0 Å². The fourth-order valence-electron chi connectivity index (χ4n) is 5.80. The first-order valence-electron chi connectivity index (χ1n) is 29.4. The monoisotopic (exact) mass is 1970 g/mol. The van der Waals surface area contributed by atoms with E-state index in [0.717, 1.165) is 14.1 Å². The van der Waals surface area contributed by atoms with E-state index in [4.69, 9.17) is 16.5 Å². The molecule has 8 atom stereocenters. The van der Waals surface area contributed by atoms with Crippen LogP contribution in [0.3, 0.4) is 0 Å². The van der Waals surface area contributed by atoms with E-state index < -0.39 is 163 Å². The summed E-state index contributed by atoms with van der Waals surface area (Å²) >= 11 is 0. The fourth-order valence-corrected chi connectivity index (χ4v) is 55.9. The van der Waals surface area contributed by atoms with Crippen molar-refractivity contribution in [3.63, 3.8) is 0 Å². The number of rotatable bonds is 40. The van der Waals surface area contributed by atoms with Crippen molar-refractivity contribution in [1.29, 1.82) is 0 Å². The van der Waals surface area contributed by atoms with E-state index in [0.29, 0.717) is 0 Å². The maximum atomic E-state index is 12.8. The second-order valence-electron chi connectivity index (χ2n) is 28.5. The van der Waals surface area contributed by atoms with Gasteiger partial charge < -0.3 is 158 Å². The molecule has 628 valence electrons. The van der Waals surface area contributed by atoms with Crippen LogP contribution in [0.15, 0.2) is 0 Å². The number of nitrogens with two attached hydrogens (primary N) is 2. The van der Waals surface area contributed by atoms with Crippen LogP contribution in [0, 0.1) is 26.7 Å². The van der Waals surface area contributed by atoms with E-state index in [1.807, 2.05) is 103 Å². The van der Waals surface area contributed by atoms with Crippen LogP contribution in [0.1, 0.15) is 7.43 Å². The molecule has 21 N–H and O–H groups in total. The topological polar surface area (TPSA) is 675 Å². The van der Waals surface area contributed by atoms with Gasteiger partial charge in [0.1, 0.15) is 47.8 Å². The number of hydrogen-bond donors (Lipinski definition) is 16. The van der Waals surface area contributed by atoms with E-state index >= 15 is 0 Å². The average molecular weight is 1970 g/mol. The van der Waals surface area contributed by atoms with Crippen LogP contribution in [0.2, 0.25) is 137 Å². The van der Waals surface area contributed by atoms with Gasteiger partial charge in [0.2, 0.25) is 0 Å². The van der Waals surface area contributed by atoms with E-state index in [1.165, 1.54) is 56.4 Å². The van der Waals surface area contributed by atoms with Crippen molar-refractivity contribution in [2.45, 2.75) is 145 Å². The van der Waals surface area contributed by atoms with Crippen LogP contribution in [0.4, 0.5) is 0 Å². The first-order chi connectivity index (χ1) is 43.2. The minimum absolute atomic E-state index is 0. The molecule has 0 saturated carbocycles. The molecule has 0 bridgehead atoms. The molecule has 0 aromatic carbocycles. The van der Waals surface area contributed by atoms with Gasteiger partial charge in [-0.25, -0.2) is 40.4 Å². The predicted octanol–water partition coefficient (Wildman–Crippen LogP) is -30.5. The third kappa shape index (κ3) is 124. The maximum absolute atomic E-state index is 12.8. The van der Waals surface area contributed by atoms with Gasteiger partial charge in [0.25, 0.3) is 30.4 Å². The molecule has 8 unspecified atom stereocenters. The first kappa shape index (κ1) is 198. The second kappa shape index (κ2) is 83.0. The Morgan fingerprint density at radius 3 is 0.748 bits per heavy atom. The molecule has 119 heavy (non-hydrogen) atoms. The van der Waals surface area contributed by atoms with Gasteiger partial charge in [-0.05, 0) is 65.6 Å². The van der Waals surface area contributed by atoms with Crippen molar-refractivity contribution in [2.75, 3.05) is 83.8 Å². The summed E-state index contributed by atoms with van der Waals surface area (Å²) in [6.07, 6.45) is 0. The molecule has 0 heterocycles. The zero-order chi connectivity index (χ0) is 82.2. The van der Waals surface area contributed by atoms with Crippen molar-refractivity contribution in [1.82, 2.24) is 70.0 Å². The van der Waals surface area contributed by atoms with Crippen molar-refractivity contribution >= 4 is 163 Å². The molecule has 0 radical (unpaired) electrons. The summed E-state index contributed by atoms with van der Waals surface area (Å²) in [6, 6.07) is 0. The molecule has 81 heteroatoms. The van der Waals surface area contributed by atoms with Crippen LogP contribution in [0.25, 0.3) is 64.6 Å². The Kier molecular flexibility index (Phi) is 138. The van der Waals surface area contributed by atoms with Gasteiger partial charge in [-0.1, -0.05) is 170 Å². The van der Waals surface area contributed by atoms with E-state index in [9.17, 15) is 63.9 Å². The standard InChI is InChI=1S/C8H27N3O2P2Si2.2C8H23N3O2P2Si2.C6H18N5O2P2Si.C4H20N7O3P3.C3H14N7O3P3.CH4.17Li.H3N/c3*1-14(2,12)9-15(13,10-16(3,4)5)11-17(6,7)8;1-7-14(12,8-2)10-15(13,9-3)11-16(4,5)6;1-6-15(5,12)10-17(14,9-4)11-16(13,7-2)8-3;1-6-14(4,11)9-16(13,8-3)10-15(5,12)7-2;;;;;;;;;;;;;;;;;;;/h1-8H3,(H3,9,10,11,12,13);2*1-2H2,3-8H3,(H-2,9,10,11,12,13);1-6H3;1-4H3,(H8,5,6,7,8,9,10,11,12,13,14);1-3H3,(H5-4,4,5,6,7,8,9,10,11,12,13);1H4;;;;;;;;;;;;;;;;;;1H3/q;2*-4;-5;;-4;;17*+1;. The van der Waals surface area contributed by atoms with Gasteiger partial charge in [-0.2, -0.15) is 49.8 Å². The summed E-state index contributed by atoms with van der Waals surface area (Å²) in [6.45, 7) is 58.4. The Balaban J connectivity index is -0.0000000375. The van der Waals surface area contributed by atoms with Gasteiger partial charge in [0.15, 0.2) is 0 Å². The summed E-state index contributed by atoms with van der Waals surface area (Å²) in [7, 11) is -47.5. The summed E-state index contributed by atoms with van der Waals surface area (Å²) in [5.74, 6) is 0. The van der Waals surface area contributed by atoms with Gasteiger partial charge in [0.05, 0.1) is 0 Å². The molecule has 0 aliphatic rings. The number of nitrogens with zero attached hydrogens (tertiary/aromatic N) is 12. The minimum Gasteiger partial charge on any atom is -0.639 e. The maximum Gasteiger partial charge on any atom is 1.00 e. The molecule has 0 aliphatic carbocycles. The molecule has 0 rings (SSSR count). The molecular weight excluding hydrogens is 1830 g/mol. The Hall–Kier alpha value is 13.7. The van der Waals surface area contributed by atoms with Gasteiger partial charge in [-0.15, -0.1) is 0 Å². The van der Waals surface area contributed by atoms with Crippen LogP contribution in [-0.4, -0.2) is 141 Å². The summed E-state index contributed by atoms with van der Waals surface area (Å²) in [5.41, 5.74) is 17.6. The fraction of sp³-hybridized carbons (Fsp3) is 0.895.